The molecular formula is C39H45N3O6S. The van der Waals surface area contributed by atoms with Crippen LogP contribution in [-0.4, -0.2) is 58.0 Å². The summed E-state index contributed by atoms with van der Waals surface area (Å²) in [6, 6.07) is 29.2. The van der Waals surface area contributed by atoms with Gasteiger partial charge in [0.2, 0.25) is 11.8 Å². The van der Waals surface area contributed by atoms with Gasteiger partial charge in [-0.2, -0.15) is 0 Å². The molecule has 0 aliphatic heterocycles. The van der Waals surface area contributed by atoms with Gasteiger partial charge in [-0.15, -0.1) is 0 Å². The number of aryl methyl sites for hydroxylation is 1. The molecule has 4 aromatic rings. The van der Waals surface area contributed by atoms with Crippen molar-refractivity contribution in [3.05, 3.63) is 120 Å². The van der Waals surface area contributed by atoms with Crippen LogP contribution in [0.25, 0.3) is 0 Å². The van der Waals surface area contributed by atoms with Crippen LogP contribution in [0, 0.1) is 6.92 Å². The number of carbonyl (C=O) groups excluding carboxylic acids is 2. The Labute approximate surface area is 289 Å². The van der Waals surface area contributed by atoms with Gasteiger partial charge in [-0.25, -0.2) is 8.42 Å². The molecule has 2 amide bonds. The van der Waals surface area contributed by atoms with E-state index < -0.39 is 28.5 Å². The Morgan fingerprint density at radius 2 is 1.49 bits per heavy atom. The van der Waals surface area contributed by atoms with Crippen molar-refractivity contribution < 1.29 is 27.5 Å². The monoisotopic (exact) mass is 683 g/mol. The van der Waals surface area contributed by atoms with Gasteiger partial charge >= 0.3 is 0 Å². The Kier molecular flexibility index (Phi) is 12.0. The summed E-state index contributed by atoms with van der Waals surface area (Å²) in [6.45, 7) is 1.51. The average molecular weight is 684 g/mol. The van der Waals surface area contributed by atoms with Gasteiger partial charge in [-0.1, -0.05) is 91.6 Å². The average Bonchev–Trinajstić information content (AvgIpc) is 3.12. The fourth-order valence-corrected chi connectivity index (χ4v) is 7.75. The topological polar surface area (TPSA) is 105 Å². The Bertz CT molecular complexity index is 1810. The lowest BCUT2D eigenvalue weighted by atomic mass is 9.94. The molecule has 0 spiro atoms. The van der Waals surface area contributed by atoms with Crippen molar-refractivity contribution in [1.29, 1.82) is 0 Å². The molecule has 0 radical (unpaired) electrons. The van der Waals surface area contributed by atoms with Crippen molar-refractivity contribution in [3.63, 3.8) is 0 Å². The molecule has 1 aliphatic rings. The van der Waals surface area contributed by atoms with E-state index in [1.807, 2.05) is 61.5 Å². The van der Waals surface area contributed by atoms with Gasteiger partial charge in [0, 0.05) is 19.0 Å². The zero-order chi connectivity index (χ0) is 34.8. The molecule has 4 aromatic carbocycles. The zero-order valence-corrected chi connectivity index (χ0v) is 29.2. The van der Waals surface area contributed by atoms with Crippen LogP contribution < -0.4 is 19.1 Å². The van der Waals surface area contributed by atoms with Gasteiger partial charge in [0.25, 0.3) is 10.0 Å². The number of hydrogen-bond acceptors (Lipinski definition) is 6. The predicted molar refractivity (Wildman–Crippen MR) is 191 cm³/mol. The fraction of sp³-hybridized carbons (Fsp3) is 0.333. The van der Waals surface area contributed by atoms with Crippen LogP contribution >= 0.6 is 0 Å². The number of carbonyl (C=O) groups is 2. The summed E-state index contributed by atoms with van der Waals surface area (Å²) in [5.74, 6) is 0.00672. The minimum Gasteiger partial charge on any atom is -0.497 e. The lowest BCUT2D eigenvalue weighted by Gasteiger charge is -2.35. The van der Waals surface area contributed by atoms with Gasteiger partial charge in [0.05, 0.1) is 24.8 Å². The Morgan fingerprint density at radius 3 is 2.16 bits per heavy atom. The molecule has 9 nitrogen and oxygen atoms in total. The third-order valence-corrected chi connectivity index (χ3v) is 10.7. The van der Waals surface area contributed by atoms with Crippen LogP contribution in [0.4, 0.5) is 5.69 Å². The van der Waals surface area contributed by atoms with Crippen LogP contribution in [0.2, 0.25) is 0 Å². The van der Waals surface area contributed by atoms with E-state index in [9.17, 15) is 18.0 Å². The second-order valence-corrected chi connectivity index (χ2v) is 14.3. The van der Waals surface area contributed by atoms with E-state index in [0.29, 0.717) is 5.75 Å². The number of nitrogens with one attached hydrogen (secondary N) is 1. The SMILES string of the molecule is COc1ccc(S(=O)(=O)N(CC(=O)N(Cc2cccc(C)c2)C(Cc2ccccc2)C(=O)NC2CCCCC2)c2ccccc2OC)cc1. The van der Waals surface area contributed by atoms with Crippen molar-refractivity contribution in [1.82, 2.24) is 10.2 Å². The number of hydrogen-bond donors (Lipinski definition) is 1. The normalized spacial score (nSPS) is 14.0. The summed E-state index contributed by atoms with van der Waals surface area (Å²) in [7, 11) is -1.34. The third-order valence-electron chi connectivity index (χ3n) is 8.94. The number of ether oxygens (including phenoxy) is 2. The standard InChI is InChI=1S/C39H45N3O6S/c1-29-13-12-16-31(25-29)27-41(36(26-30-14-6-4-7-15-30)39(44)40-32-17-8-5-9-18-32)38(43)28-42(35-19-10-11-20-37(35)48-3)49(45,46)34-23-21-33(47-2)22-24-34/h4,6-7,10-16,19-25,32,36H,5,8-9,17-18,26-28H2,1-3H3,(H,40,44). The Hall–Kier alpha value is -4.83. The van der Waals surface area contributed by atoms with Gasteiger partial charge in [-0.3, -0.25) is 13.9 Å². The first kappa shape index (κ1) is 35.5. The van der Waals surface area contributed by atoms with Crippen molar-refractivity contribution in [2.75, 3.05) is 25.1 Å². The van der Waals surface area contributed by atoms with Crippen LogP contribution in [0.15, 0.2) is 108 Å². The number of rotatable bonds is 14. The molecule has 10 heteroatoms. The lowest BCUT2D eigenvalue weighted by Crippen LogP contribution is -2.55. The molecule has 0 saturated heterocycles. The highest BCUT2D eigenvalue weighted by Gasteiger charge is 2.36. The molecule has 1 unspecified atom stereocenters. The first-order chi connectivity index (χ1) is 23.7. The molecule has 49 heavy (non-hydrogen) atoms. The summed E-state index contributed by atoms with van der Waals surface area (Å²) < 4.78 is 40.7. The minimum absolute atomic E-state index is 0.0203. The summed E-state index contributed by atoms with van der Waals surface area (Å²) in [4.78, 5) is 30.6. The van der Waals surface area contributed by atoms with E-state index in [0.717, 1.165) is 53.1 Å². The molecule has 1 N–H and O–H groups in total. The summed E-state index contributed by atoms with van der Waals surface area (Å²) in [5.41, 5.74) is 2.93. The molecule has 1 fully saturated rings. The molecule has 258 valence electrons. The number of anilines is 1. The summed E-state index contributed by atoms with van der Waals surface area (Å²) in [5, 5.41) is 3.25. The highest BCUT2D eigenvalue weighted by Crippen LogP contribution is 2.33. The van der Waals surface area contributed by atoms with E-state index in [2.05, 4.69) is 5.32 Å². The van der Waals surface area contributed by atoms with Crippen molar-refractivity contribution in [3.8, 4) is 11.5 Å². The maximum atomic E-state index is 14.8. The van der Waals surface area contributed by atoms with Crippen molar-refractivity contribution in [2.24, 2.45) is 0 Å². The largest absolute Gasteiger partial charge is 0.497 e. The number of sulfonamides is 1. The molecular weight excluding hydrogens is 639 g/mol. The Morgan fingerprint density at radius 1 is 0.816 bits per heavy atom. The zero-order valence-electron chi connectivity index (χ0n) is 28.4. The molecule has 1 aliphatic carbocycles. The second kappa shape index (κ2) is 16.5. The van der Waals surface area contributed by atoms with Crippen molar-refractivity contribution >= 4 is 27.5 Å². The van der Waals surface area contributed by atoms with Gasteiger partial charge in [0.1, 0.15) is 24.1 Å². The van der Waals surface area contributed by atoms with Crippen LogP contribution in [-0.2, 0) is 32.6 Å². The molecule has 0 aromatic heterocycles. The number of para-hydroxylation sites is 2. The van der Waals surface area contributed by atoms with E-state index in [-0.39, 0.29) is 41.2 Å². The molecule has 0 heterocycles. The predicted octanol–water partition coefficient (Wildman–Crippen LogP) is 6.30. The van der Waals surface area contributed by atoms with E-state index >= 15 is 0 Å². The van der Waals surface area contributed by atoms with Gasteiger partial charge < -0.3 is 19.7 Å². The summed E-state index contributed by atoms with van der Waals surface area (Å²) >= 11 is 0. The fourth-order valence-electron chi connectivity index (χ4n) is 6.33. The molecule has 1 atom stereocenters. The van der Waals surface area contributed by atoms with E-state index in [1.165, 1.54) is 31.3 Å². The Balaban J connectivity index is 1.58. The number of nitrogens with zero attached hydrogens (tertiary/aromatic N) is 2. The van der Waals surface area contributed by atoms with Gasteiger partial charge in [0.15, 0.2) is 0 Å². The molecule has 1 saturated carbocycles. The highest BCUT2D eigenvalue weighted by atomic mass is 32.2. The lowest BCUT2D eigenvalue weighted by molar-refractivity contribution is -0.140. The maximum absolute atomic E-state index is 14.8. The van der Waals surface area contributed by atoms with Crippen LogP contribution in [0.3, 0.4) is 0 Å². The number of amides is 2. The van der Waals surface area contributed by atoms with Crippen LogP contribution in [0.1, 0.15) is 48.8 Å². The molecule has 0 bridgehead atoms. The van der Waals surface area contributed by atoms with Crippen molar-refractivity contribution in [2.45, 2.75) is 69.0 Å². The van der Waals surface area contributed by atoms with Crippen LogP contribution in [0.5, 0.6) is 11.5 Å². The third kappa shape index (κ3) is 9.00. The first-order valence-electron chi connectivity index (χ1n) is 16.7. The number of benzene rings is 4. The second-order valence-electron chi connectivity index (χ2n) is 12.4. The van der Waals surface area contributed by atoms with Gasteiger partial charge in [-0.05, 0) is 67.3 Å². The summed E-state index contributed by atoms with van der Waals surface area (Å²) in [6.07, 6.45) is 5.25. The van der Waals surface area contributed by atoms with E-state index in [1.54, 1.807) is 36.4 Å². The quantitative estimate of drug-likeness (QED) is 0.167. The molecule has 5 rings (SSSR count). The maximum Gasteiger partial charge on any atom is 0.264 e. The minimum atomic E-state index is -4.30. The highest BCUT2D eigenvalue weighted by molar-refractivity contribution is 7.92. The van der Waals surface area contributed by atoms with E-state index in [4.69, 9.17) is 9.47 Å². The smallest absolute Gasteiger partial charge is 0.264 e. The number of methoxy groups -OCH3 is 2. The first-order valence-corrected chi connectivity index (χ1v) is 18.1.